The van der Waals surface area contributed by atoms with Crippen LogP contribution in [0.15, 0.2) is 30.6 Å². The van der Waals surface area contributed by atoms with Gasteiger partial charge in [0.2, 0.25) is 5.91 Å². The van der Waals surface area contributed by atoms with Gasteiger partial charge in [-0.3, -0.25) is 9.63 Å². The van der Waals surface area contributed by atoms with Gasteiger partial charge in [0.05, 0.1) is 12.6 Å². The lowest BCUT2D eigenvalue weighted by Crippen LogP contribution is -2.24. The standard InChI is InChI=1S/C17H16F2N4O2/c18-12-3-1-2-11(16(12)19)13-6-7-25-23(13)15-8-14(20-9-21-15)22-17(24)10-4-5-10/h1-3,8-10,13H,4-7H2,(H,20,21,22,24). The largest absolute Gasteiger partial charge is 0.310 e. The predicted octanol–water partition coefficient (Wildman–Crippen LogP) is 2.99. The monoisotopic (exact) mass is 346 g/mol. The Kier molecular flexibility index (Phi) is 4.04. The second-order valence-corrected chi connectivity index (χ2v) is 6.13. The highest BCUT2D eigenvalue weighted by Gasteiger charge is 2.33. The summed E-state index contributed by atoms with van der Waals surface area (Å²) >= 11 is 0. The van der Waals surface area contributed by atoms with Gasteiger partial charge < -0.3 is 5.32 Å². The molecule has 4 rings (SSSR count). The van der Waals surface area contributed by atoms with Gasteiger partial charge in [-0.05, 0) is 18.9 Å². The molecule has 25 heavy (non-hydrogen) atoms. The number of halogens is 2. The van der Waals surface area contributed by atoms with E-state index in [-0.39, 0.29) is 17.4 Å². The Morgan fingerprint density at radius 1 is 1.24 bits per heavy atom. The van der Waals surface area contributed by atoms with Gasteiger partial charge in [-0.15, -0.1) is 0 Å². The number of carbonyl (C=O) groups is 1. The number of hydroxylamine groups is 1. The fourth-order valence-corrected chi connectivity index (χ4v) is 2.87. The molecule has 6 nitrogen and oxygen atoms in total. The van der Waals surface area contributed by atoms with Crippen LogP contribution >= 0.6 is 0 Å². The number of aromatic nitrogens is 2. The molecule has 1 saturated heterocycles. The van der Waals surface area contributed by atoms with E-state index >= 15 is 0 Å². The molecule has 1 aliphatic carbocycles. The zero-order chi connectivity index (χ0) is 17.4. The molecule has 1 atom stereocenters. The highest BCUT2D eigenvalue weighted by molar-refractivity contribution is 5.93. The second kappa shape index (κ2) is 6.36. The topological polar surface area (TPSA) is 67.4 Å². The molecule has 1 amide bonds. The molecule has 2 heterocycles. The normalized spacial score (nSPS) is 19.9. The summed E-state index contributed by atoms with van der Waals surface area (Å²) < 4.78 is 27.7. The van der Waals surface area contributed by atoms with Crippen LogP contribution in [0.1, 0.15) is 30.9 Å². The van der Waals surface area contributed by atoms with E-state index in [0.717, 1.165) is 18.9 Å². The molecule has 8 heteroatoms. The molecule has 1 N–H and O–H groups in total. The van der Waals surface area contributed by atoms with Gasteiger partial charge >= 0.3 is 0 Å². The Hall–Kier alpha value is -2.61. The summed E-state index contributed by atoms with van der Waals surface area (Å²) in [6.45, 7) is 0.356. The van der Waals surface area contributed by atoms with Crippen LogP contribution in [-0.4, -0.2) is 22.5 Å². The molecule has 2 fully saturated rings. The van der Waals surface area contributed by atoms with E-state index in [4.69, 9.17) is 4.84 Å². The van der Waals surface area contributed by atoms with Gasteiger partial charge in [0, 0.05) is 24.0 Å². The molecule has 2 aliphatic rings. The zero-order valence-corrected chi connectivity index (χ0v) is 13.3. The lowest BCUT2D eigenvalue weighted by molar-refractivity contribution is -0.117. The van der Waals surface area contributed by atoms with Crippen molar-refractivity contribution in [3.8, 4) is 0 Å². The minimum Gasteiger partial charge on any atom is -0.310 e. The Morgan fingerprint density at radius 3 is 2.88 bits per heavy atom. The SMILES string of the molecule is O=C(Nc1cc(N2OCCC2c2cccc(F)c2F)ncn1)C1CC1. The highest BCUT2D eigenvalue weighted by atomic mass is 19.2. The second-order valence-electron chi connectivity index (χ2n) is 6.13. The van der Waals surface area contributed by atoms with Gasteiger partial charge in [0.15, 0.2) is 17.5 Å². The van der Waals surface area contributed by atoms with Crippen molar-refractivity contribution in [2.75, 3.05) is 17.0 Å². The Labute approximate surface area is 142 Å². The van der Waals surface area contributed by atoms with Crippen molar-refractivity contribution in [3.05, 3.63) is 47.8 Å². The van der Waals surface area contributed by atoms with Crippen molar-refractivity contribution in [1.29, 1.82) is 0 Å². The minimum absolute atomic E-state index is 0.0515. The van der Waals surface area contributed by atoms with Crippen molar-refractivity contribution >= 4 is 17.5 Å². The average Bonchev–Trinajstić information content (AvgIpc) is 3.35. The Morgan fingerprint density at radius 2 is 2.08 bits per heavy atom. The number of hydrogen-bond acceptors (Lipinski definition) is 5. The number of rotatable bonds is 4. The van der Waals surface area contributed by atoms with Gasteiger partial charge in [0.25, 0.3) is 0 Å². The maximum atomic E-state index is 14.1. The number of anilines is 2. The highest BCUT2D eigenvalue weighted by Crippen LogP contribution is 2.36. The summed E-state index contributed by atoms with van der Waals surface area (Å²) in [5, 5.41) is 4.17. The molecule has 0 spiro atoms. The van der Waals surface area contributed by atoms with E-state index in [0.29, 0.717) is 24.7 Å². The van der Waals surface area contributed by atoms with Crippen LogP contribution in [-0.2, 0) is 9.63 Å². The molecule has 0 bridgehead atoms. The van der Waals surface area contributed by atoms with Crippen LogP contribution in [0.3, 0.4) is 0 Å². The molecule has 1 unspecified atom stereocenters. The number of nitrogens with one attached hydrogen (secondary N) is 1. The van der Waals surface area contributed by atoms with Gasteiger partial charge in [-0.25, -0.2) is 23.8 Å². The first-order valence-electron chi connectivity index (χ1n) is 8.12. The van der Waals surface area contributed by atoms with Crippen molar-refractivity contribution in [2.24, 2.45) is 5.92 Å². The summed E-state index contributed by atoms with van der Waals surface area (Å²) in [4.78, 5) is 25.6. The maximum Gasteiger partial charge on any atom is 0.228 e. The third-order valence-corrected chi connectivity index (χ3v) is 4.32. The Balaban J connectivity index is 1.59. The molecule has 1 aliphatic heterocycles. The quantitative estimate of drug-likeness (QED) is 0.922. The first-order valence-corrected chi connectivity index (χ1v) is 8.12. The fourth-order valence-electron chi connectivity index (χ4n) is 2.87. The Bertz CT molecular complexity index is 813. The molecule has 130 valence electrons. The van der Waals surface area contributed by atoms with Gasteiger partial charge in [0.1, 0.15) is 12.1 Å². The third kappa shape index (κ3) is 3.17. The van der Waals surface area contributed by atoms with Crippen LogP contribution < -0.4 is 10.4 Å². The summed E-state index contributed by atoms with van der Waals surface area (Å²) in [6.07, 6.45) is 3.58. The lowest BCUT2D eigenvalue weighted by atomic mass is 10.0. The first-order chi connectivity index (χ1) is 12.1. The summed E-state index contributed by atoms with van der Waals surface area (Å²) in [5.41, 5.74) is 0.208. The van der Waals surface area contributed by atoms with Crippen LogP contribution in [0.5, 0.6) is 0 Å². The third-order valence-electron chi connectivity index (χ3n) is 4.32. The summed E-state index contributed by atoms with van der Waals surface area (Å²) in [7, 11) is 0. The number of nitrogens with zero attached hydrogens (tertiary/aromatic N) is 3. The number of carbonyl (C=O) groups excluding carboxylic acids is 1. The van der Waals surface area contributed by atoms with Crippen LogP contribution in [0.25, 0.3) is 0 Å². The molecule has 1 aromatic heterocycles. The van der Waals surface area contributed by atoms with E-state index in [1.54, 1.807) is 6.07 Å². The summed E-state index contributed by atoms with van der Waals surface area (Å²) in [5.74, 6) is -1.07. The van der Waals surface area contributed by atoms with Crippen molar-refractivity contribution in [1.82, 2.24) is 9.97 Å². The van der Waals surface area contributed by atoms with E-state index in [1.165, 1.54) is 23.5 Å². The van der Waals surface area contributed by atoms with E-state index in [2.05, 4.69) is 15.3 Å². The maximum absolute atomic E-state index is 14.1. The number of hydrogen-bond donors (Lipinski definition) is 1. The fraction of sp³-hybridized carbons (Fsp3) is 0.353. The predicted molar refractivity (Wildman–Crippen MR) is 85.5 cm³/mol. The first kappa shape index (κ1) is 15.9. The molecule has 2 aromatic rings. The molecular weight excluding hydrogens is 330 g/mol. The molecule has 1 saturated carbocycles. The average molecular weight is 346 g/mol. The number of amides is 1. The van der Waals surface area contributed by atoms with E-state index in [1.807, 2.05) is 0 Å². The van der Waals surface area contributed by atoms with Gasteiger partial charge in [-0.1, -0.05) is 12.1 Å². The van der Waals surface area contributed by atoms with E-state index in [9.17, 15) is 13.6 Å². The summed E-state index contributed by atoms with van der Waals surface area (Å²) in [6, 6.07) is 5.13. The zero-order valence-electron chi connectivity index (χ0n) is 13.3. The van der Waals surface area contributed by atoms with Crippen molar-refractivity contribution < 1.29 is 18.4 Å². The van der Waals surface area contributed by atoms with Crippen molar-refractivity contribution in [3.63, 3.8) is 0 Å². The molecular formula is C17H16F2N4O2. The van der Waals surface area contributed by atoms with Crippen LogP contribution in [0.4, 0.5) is 20.4 Å². The van der Waals surface area contributed by atoms with Gasteiger partial charge in [-0.2, -0.15) is 0 Å². The van der Waals surface area contributed by atoms with Crippen LogP contribution in [0, 0.1) is 17.6 Å². The minimum atomic E-state index is -0.899. The smallest absolute Gasteiger partial charge is 0.228 e. The van der Waals surface area contributed by atoms with Crippen molar-refractivity contribution in [2.45, 2.75) is 25.3 Å². The number of benzene rings is 1. The van der Waals surface area contributed by atoms with Crippen LogP contribution in [0.2, 0.25) is 0 Å². The van der Waals surface area contributed by atoms with E-state index < -0.39 is 17.7 Å². The molecule has 1 aromatic carbocycles. The lowest BCUT2D eigenvalue weighted by Gasteiger charge is -2.24. The molecule has 0 radical (unpaired) electrons.